The van der Waals surface area contributed by atoms with Gasteiger partial charge in [0.05, 0.1) is 5.60 Å². The normalized spacial score (nSPS) is 32.0. The molecule has 0 aromatic rings. The fourth-order valence-electron chi connectivity index (χ4n) is 3.35. The maximum absolute atomic E-state index is 10.7. The minimum atomic E-state index is -0.376. The lowest BCUT2D eigenvalue weighted by atomic mass is 9.72. The molecule has 1 fully saturated rings. The van der Waals surface area contributed by atoms with Gasteiger partial charge in [-0.1, -0.05) is 52.9 Å². The molecule has 0 spiro atoms. The van der Waals surface area contributed by atoms with Gasteiger partial charge in [0.25, 0.3) is 0 Å². The largest absolute Gasteiger partial charge is 0.390 e. The Hall–Kier alpha value is -0.0400. The highest BCUT2D eigenvalue weighted by Crippen LogP contribution is 2.39. The number of hydrogen-bond acceptors (Lipinski definition) is 1. The molecule has 1 rings (SSSR count). The molecule has 3 atom stereocenters. The van der Waals surface area contributed by atoms with Gasteiger partial charge in [-0.05, 0) is 31.1 Å². The summed E-state index contributed by atoms with van der Waals surface area (Å²) < 4.78 is 0. The fourth-order valence-corrected chi connectivity index (χ4v) is 3.35. The van der Waals surface area contributed by atoms with Gasteiger partial charge in [0.15, 0.2) is 0 Å². The van der Waals surface area contributed by atoms with Crippen molar-refractivity contribution in [3.63, 3.8) is 0 Å². The van der Waals surface area contributed by atoms with Gasteiger partial charge in [0.2, 0.25) is 0 Å². The standard InChI is InChI=1S/C14H28O/c1-4-11-14(15,5-2)13-10-8-6-7-9-12(13)3/h12-13,15H,4-11H2,1-3H3. The summed E-state index contributed by atoms with van der Waals surface area (Å²) in [6.07, 6.45) is 9.63. The van der Waals surface area contributed by atoms with Crippen LogP contribution >= 0.6 is 0 Å². The molecular weight excluding hydrogens is 184 g/mol. The second-order valence-corrected chi connectivity index (χ2v) is 5.43. The summed E-state index contributed by atoms with van der Waals surface area (Å²) in [7, 11) is 0. The van der Waals surface area contributed by atoms with Gasteiger partial charge in [-0.3, -0.25) is 0 Å². The molecule has 0 bridgehead atoms. The molecule has 0 aliphatic heterocycles. The summed E-state index contributed by atoms with van der Waals surface area (Å²) >= 11 is 0. The van der Waals surface area contributed by atoms with Crippen LogP contribution in [0.3, 0.4) is 0 Å². The lowest BCUT2D eigenvalue weighted by molar-refractivity contribution is -0.0532. The van der Waals surface area contributed by atoms with Crippen LogP contribution in [0.15, 0.2) is 0 Å². The van der Waals surface area contributed by atoms with Crippen molar-refractivity contribution < 1.29 is 5.11 Å². The van der Waals surface area contributed by atoms with Crippen molar-refractivity contribution in [3.05, 3.63) is 0 Å². The molecule has 0 saturated heterocycles. The molecule has 90 valence electrons. The second kappa shape index (κ2) is 5.89. The zero-order chi connectivity index (χ0) is 11.3. The zero-order valence-corrected chi connectivity index (χ0v) is 10.8. The van der Waals surface area contributed by atoms with E-state index >= 15 is 0 Å². The van der Waals surface area contributed by atoms with Crippen molar-refractivity contribution >= 4 is 0 Å². The van der Waals surface area contributed by atoms with Crippen LogP contribution < -0.4 is 0 Å². The Balaban J connectivity index is 2.70. The van der Waals surface area contributed by atoms with Crippen molar-refractivity contribution in [3.8, 4) is 0 Å². The van der Waals surface area contributed by atoms with Crippen LogP contribution in [0.5, 0.6) is 0 Å². The summed E-state index contributed by atoms with van der Waals surface area (Å²) in [5.41, 5.74) is -0.376. The highest BCUT2D eigenvalue weighted by atomic mass is 16.3. The molecule has 1 saturated carbocycles. The van der Waals surface area contributed by atoms with Crippen molar-refractivity contribution in [1.29, 1.82) is 0 Å². The molecule has 0 amide bonds. The average molecular weight is 212 g/mol. The summed E-state index contributed by atoms with van der Waals surface area (Å²) in [5.74, 6) is 1.26. The van der Waals surface area contributed by atoms with E-state index in [1.807, 2.05) is 0 Å². The lowest BCUT2D eigenvalue weighted by Gasteiger charge is -2.38. The van der Waals surface area contributed by atoms with Gasteiger partial charge >= 0.3 is 0 Å². The predicted molar refractivity (Wildman–Crippen MR) is 65.9 cm³/mol. The Bertz CT molecular complexity index is 178. The topological polar surface area (TPSA) is 20.2 Å². The summed E-state index contributed by atoms with van der Waals surface area (Å²) in [6, 6.07) is 0. The third kappa shape index (κ3) is 3.21. The van der Waals surface area contributed by atoms with E-state index in [2.05, 4.69) is 20.8 Å². The van der Waals surface area contributed by atoms with E-state index in [1.165, 1.54) is 32.1 Å². The molecule has 0 aromatic heterocycles. The maximum Gasteiger partial charge on any atom is 0.0675 e. The molecule has 1 heteroatoms. The van der Waals surface area contributed by atoms with Crippen LogP contribution in [0.25, 0.3) is 0 Å². The van der Waals surface area contributed by atoms with E-state index in [1.54, 1.807) is 0 Å². The third-order valence-electron chi connectivity index (χ3n) is 4.35. The van der Waals surface area contributed by atoms with Crippen LogP contribution in [0.1, 0.15) is 72.1 Å². The second-order valence-electron chi connectivity index (χ2n) is 5.43. The molecule has 1 nitrogen and oxygen atoms in total. The van der Waals surface area contributed by atoms with Crippen LogP contribution in [-0.2, 0) is 0 Å². The van der Waals surface area contributed by atoms with E-state index in [-0.39, 0.29) is 5.60 Å². The first-order valence-corrected chi connectivity index (χ1v) is 6.86. The minimum Gasteiger partial charge on any atom is -0.390 e. The highest BCUT2D eigenvalue weighted by molar-refractivity contribution is 4.89. The quantitative estimate of drug-likeness (QED) is 0.694. The lowest BCUT2D eigenvalue weighted by Crippen LogP contribution is -2.40. The Morgan fingerprint density at radius 2 is 1.80 bits per heavy atom. The third-order valence-corrected chi connectivity index (χ3v) is 4.35. The van der Waals surface area contributed by atoms with Crippen molar-refractivity contribution in [2.24, 2.45) is 11.8 Å². The summed E-state index contributed by atoms with van der Waals surface area (Å²) in [6.45, 7) is 6.67. The first-order chi connectivity index (χ1) is 7.14. The molecule has 1 aliphatic rings. The van der Waals surface area contributed by atoms with Crippen molar-refractivity contribution in [2.75, 3.05) is 0 Å². The monoisotopic (exact) mass is 212 g/mol. The Kier molecular flexibility index (Phi) is 5.11. The minimum absolute atomic E-state index is 0.376. The molecular formula is C14H28O. The number of rotatable bonds is 4. The van der Waals surface area contributed by atoms with Crippen LogP contribution in [-0.4, -0.2) is 10.7 Å². The van der Waals surface area contributed by atoms with Crippen molar-refractivity contribution in [1.82, 2.24) is 0 Å². The molecule has 15 heavy (non-hydrogen) atoms. The molecule has 0 radical (unpaired) electrons. The Morgan fingerprint density at radius 1 is 1.13 bits per heavy atom. The number of aliphatic hydroxyl groups is 1. The van der Waals surface area contributed by atoms with Gasteiger partial charge in [-0.15, -0.1) is 0 Å². The first kappa shape index (κ1) is 13.0. The number of hydrogen-bond donors (Lipinski definition) is 1. The summed E-state index contributed by atoms with van der Waals surface area (Å²) in [5, 5.41) is 10.7. The van der Waals surface area contributed by atoms with E-state index < -0.39 is 0 Å². The van der Waals surface area contributed by atoms with E-state index in [0.717, 1.165) is 19.3 Å². The van der Waals surface area contributed by atoms with Crippen molar-refractivity contribution in [2.45, 2.75) is 77.7 Å². The highest BCUT2D eigenvalue weighted by Gasteiger charge is 2.37. The van der Waals surface area contributed by atoms with Gasteiger partial charge in [0, 0.05) is 0 Å². The molecule has 3 unspecified atom stereocenters. The van der Waals surface area contributed by atoms with E-state index in [4.69, 9.17) is 0 Å². The average Bonchev–Trinajstić information content (AvgIpc) is 2.43. The molecule has 0 heterocycles. The van der Waals surface area contributed by atoms with Crippen LogP contribution in [0.4, 0.5) is 0 Å². The zero-order valence-electron chi connectivity index (χ0n) is 10.8. The predicted octanol–water partition coefficient (Wildman–Crippen LogP) is 4.14. The van der Waals surface area contributed by atoms with Gasteiger partial charge in [-0.25, -0.2) is 0 Å². The summed E-state index contributed by atoms with van der Waals surface area (Å²) in [4.78, 5) is 0. The van der Waals surface area contributed by atoms with Gasteiger partial charge in [0.1, 0.15) is 0 Å². The van der Waals surface area contributed by atoms with Gasteiger partial charge in [-0.2, -0.15) is 0 Å². The van der Waals surface area contributed by atoms with Crippen LogP contribution in [0, 0.1) is 11.8 Å². The molecule has 1 N–H and O–H groups in total. The Labute approximate surface area is 95.3 Å². The Morgan fingerprint density at radius 3 is 2.40 bits per heavy atom. The first-order valence-electron chi connectivity index (χ1n) is 6.86. The molecule has 0 aromatic carbocycles. The van der Waals surface area contributed by atoms with Gasteiger partial charge < -0.3 is 5.11 Å². The van der Waals surface area contributed by atoms with Crippen LogP contribution in [0.2, 0.25) is 0 Å². The SMILES string of the molecule is CCCC(O)(CC)C1CCCCCC1C. The van der Waals surface area contributed by atoms with E-state index in [0.29, 0.717) is 11.8 Å². The fraction of sp³-hybridized carbons (Fsp3) is 1.00. The van der Waals surface area contributed by atoms with E-state index in [9.17, 15) is 5.11 Å². The molecule has 1 aliphatic carbocycles. The maximum atomic E-state index is 10.7. The smallest absolute Gasteiger partial charge is 0.0675 e.